The van der Waals surface area contributed by atoms with E-state index in [4.69, 9.17) is 24.7 Å². The molecule has 0 aliphatic heterocycles. The van der Waals surface area contributed by atoms with Gasteiger partial charge in [0.2, 0.25) is 5.75 Å². The van der Waals surface area contributed by atoms with Gasteiger partial charge in [0.25, 0.3) is 5.91 Å². The van der Waals surface area contributed by atoms with E-state index < -0.39 is 5.60 Å². The summed E-state index contributed by atoms with van der Waals surface area (Å²) in [5.41, 5.74) is 6.61. The average molecular weight is 388 g/mol. The molecule has 0 saturated heterocycles. The standard InChI is InChI=1S/C21H28N2O5/c1-21(2,13-22)28-16-8-6-14(7-9-16)12-23-20(24)15-10-17(25-3)19(27-5)18(11-15)26-4/h6-11H,12-13,22H2,1-5H3,(H,23,24). The molecule has 7 heteroatoms. The third-order valence-corrected chi connectivity index (χ3v) is 4.19. The Balaban J connectivity index is 2.06. The van der Waals surface area contributed by atoms with Crippen molar-refractivity contribution in [2.45, 2.75) is 26.0 Å². The van der Waals surface area contributed by atoms with E-state index in [2.05, 4.69) is 5.32 Å². The number of hydrogen-bond donors (Lipinski definition) is 2. The quantitative estimate of drug-likeness (QED) is 0.686. The topological polar surface area (TPSA) is 92.0 Å². The van der Waals surface area contributed by atoms with Crippen LogP contribution in [0.4, 0.5) is 0 Å². The Morgan fingerprint density at radius 3 is 2.04 bits per heavy atom. The number of nitrogens with two attached hydrogens (primary N) is 1. The van der Waals surface area contributed by atoms with Crippen molar-refractivity contribution in [3.63, 3.8) is 0 Å². The number of hydrogen-bond acceptors (Lipinski definition) is 6. The van der Waals surface area contributed by atoms with Gasteiger partial charge >= 0.3 is 0 Å². The summed E-state index contributed by atoms with van der Waals surface area (Å²) in [4.78, 5) is 12.5. The van der Waals surface area contributed by atoms with Crippen molar-refractivity contribution in [2.75, 3.05) is 27.9 Å². The highest BCUT2D eigenvalue weighted by Gasteiger charge is 2.18. The SMILES string of the molecule is COc1cc(C(=O)NCc2ccc(OC(C)(C)CN)cc2)cc(OC)c1OC. The van der Waals surface area contributed by atoms with E-state index in [9.17, 15) is 4.79 Å². The lowest BCUT2D eigenvalue weighted by Gasteiger charge is -2.24. The van der Waals surface area contributed by atoms with Crippen molar-refractivity contribution in [2.24, 2.45) is 5.73 Å². The highest BCUT2D eigenvalue weighted by Crippen LogP contribution is 2.38. The van der Waals surface area contributed by atoms with Crippen LogP contribution in [-0.2, 0) is 6.54 Å². The summed E-state index contributed by atoms with van der Waals surface area (Å²) in [7, 11) is 4.53. The molecular formula is C21H28N2O5. The van der Waals surface area contributed by atoms with Crippen molar-refractivity contribution in [1.29, 1.82) is 0 Å². The minimum absolute atomic E-state index is 0.246. The zero-order valence-electron chi connectivity index (χ0n) is 17.0. The third kappa shape index (κ3) is 5.29. The monoisotopic (exact) mass is 388 g/mol. The lowest BCUT2D eigenvalue weighted by molar-refractivity contribution is 0.0950. The number of rotatable bonds is 9. The summed E-state index contributed by atoms with van der Waals surface area (Å²) in [6.07, 6.45) is 0. The second kappa shape index (κ2) is 9.32. The number of methoxy groups -OCH3 is 3. The van der Waals surface area contributed by atoms with E-state index in [0.717, 1.165) is 11.3 Å². The molecule has 0 radical (unpaired) electrons. The zero-order valence-corrected chi connectivity index (χ0v) is 17.0. The number of carbonyl (C=O) groups excluding carboxylic acids is 1. The van der Waals surface area contributed by atoms with Crippen LogP contribution in [-0.4, -0.2) is 39.4 Å². The number of amides is 1. The van der Waals surface area contributed by atoms with E-state index in [1.54, 1.807) is 12.1 Å². The van der Waals surface area contributed by atoms with Crippen molar-refractivity contribution in [3.8, 4) is 23.0 Å². The van der Waals surface area contributed by atoms with Gasteiger partial charge in [0, 0.05) is 18.7 Å². The predicted molar refractivity (Wildman–Crippen MR) is 107 cm³/mol. The van der Waals surface area contributed by atoms with Crippen molar-refractivity contribution >= 4 is 5.91 Å². The molecule has 2 rings (SSSR count). The molecule has 0 aliphatic carbocycles. The maximum absolute atomic E-state index is 12.5. The first-order valence-electron chi connectivity index (χ1n) is 8.89. The van der Waals surface area contributed by atoms with Crippen LogP contribution < -0.4 is 30.0 Å². The first kappa shape index (κ1) is 21.4. The van der Waals surface area contributed by atoms with E-state index >= 15 is 0 Å². The van der Waals surface area contributed by atoms with Crippen LogP contribution in [0.3, 0.4) is 0 Å². The third-order valence-electron chi connectivity index (χ3n) is 4.19. The van der Waals surface area contributed by atoms with Gasteiger partial charge in [-0.3, -0.25) is 4.79 Å². The first-order valence-corrected chi connectivity index (χ1v) is 8.89. The van der Waals surface area contributed by atoms with Gasteiger partial charge in [-0.25, -0.2) is 0 Å². The minimum atomic E-state index is -0.428. The number of carbonyl (C=O) groups is 1. The van der Waals surface area contributed by atoms with Crippen LogP contribution >= 0.6 is 0 Å². The molecule has 1 amide bonds. The Kier molecular flexibility index (Phi) is 7.12. The molecule has 0 aromatic heterocycles. The van der Waals surface area contributed by atoms with Crippen LogP contribution in [0.15, 0.2) is 36.4 Å². The fourth-order valence-electron chi connectivity index (χ4n) is 2.53. The second-order valence-electron chi connectivity index (χ2n) is 6.81. The second-order valence-corrected chi connectivity index (χ2v) is 6.81. The van der Waals surface area contributed by atoms with E-state index in [0.29, 0.717) is 35.9 Å². The molecule has 2 aromatic carbocycles. The summed E-state index contributed by atoms with van der Waals surface area (Å²) in [5, 5.41) is 2.88. The van der Waals surface area contributed by atoms with Gasteiger partial charge in [-0.15, -0.1) is 0 Å². The molecule has 28 heavy (non-hydrogen) atoms. The van der Waals surface area contributed by atoms with Crippen LogP contribution in [0.1, 0.15) is 29.8 Å². The van der Waals surface area contributed by atoms with Gasteiger partial charge in [-0.05, 0) is 43.7 Å². The smallest absolute Gasteiger partial charge is 0.251 e. The van der Waals surface area contributed by atoms with Gasteiger partial charge in [-0.1, -0.05) is 12.1 Å². The van der Waals surface area contributed by atoms with Crippen LogP contribution in [0.25, 0.3) is 0 Å². The van der Waals surface area contributed by atoms with E-state index in [1.807, 2.05) is 38.1 Å². The Bertz CT molecular complexity index is 778. The predicted octanol–water partition coefficient (Wildman–Crippen LogP) is 2.76. The van der Waals surface area contributed by atoms with Gasteiger partial charge in [0.1, 0.15) is 11.4 Å². The lowest BCUT2D eigenvalue weighted by Crippen LogP contribution is -2.37. The summed E-state index contributed by atoms with van der Waals surface area (Å²) in [6, 6.07) is 10.7. The molecule has 0 aliphatic rings. The Hall–Kier alpha value is -2.93. The van der Waals surface area contributed by atoms with Gasteiger partial charge in [0.15, 0.2) is 11.5 Å². The highest BCUT2D eigenvalue weighted by atomic mass is 16.5. The molecule has 2 aromatic rings. The van der Waals surface area contributed by atoms with Crippen molar-refractivity contribution in [3.05, 3.63) is 47.5 Å². The summed E-state index contributed by atoms with van der Waals surface area (Å²) in [5.74, 6) is 1.78. The molecule has 7 nitrogen and oxygen atoms in total. The molecule has 3 N–H and O–H groups in total. The van der Waals surface area contributed by atoms with E-state index in [-0.39, 0.29) is 5.91 Å². The molecule has 152 valence electrons. The normalized spacial score (nSPS) is 10.9. The minimum Gasteiger partial charge on any atom is -0.493 e. The number of nitrogens with one attached hydrogen (secondary N) is 1. The molecule has 0 spiro atoms. The van der Waals surface area contributed by atoms with Crippen LogP contribution in [0, 0.1) is 0 Å². The average Bonchev–Trinajstić information content (AvgIpc) is 2.71. The molecular weight excluding hydrogens is 360 g/mol. The van der Waals surface area contributed by atoms with Crippen molar-refractivity contribution < 1.29 is 23.7 Å². The number of benzene rings is 2. The molecule has 0 saturated carbocycles. The van der Waals surface area contributed by atoms with Crippen LogP contribution in [0.5, 0.6) is 23.0 Å². The maximum Gasteiger partial charge on any atom is 0.251 e. The fourth-order valence-corrected chi connectivity index (χ4v) is 2.53. The maximum atomic E-state index is 12.5. The molecule has 0 fully saturated rings. The molecule has 0 atom stereocenters. The number of ether oxygens (including phenoxy) is 4. The Morgan fingerprint density at radius 1 is 1.00 bits per heavy atom. The summed E-state index contributed by atoms with van der Waals surface area (Å²) >= 11 is 0. The summed E-state index contributed by atoms with van der Waals surface area (Å²) in [6.45, 7) is 4.65. The largest absolute Gasteiger partial charge is 0.493 e. The lowest BCUT2D eigenvalue weighted by atomic mass is 10.1. The van der Waals surface area contributed by atoms with Crippen LogP contribution in [0.2, 0.25) is 0 Å². The molecule has 0 bridgehead atoms. The van der Waals surface area contributed by atoms with Gasteiger partial charge in [0.05, 0.1) is 21.3 Å². The molecule has 0 heterocycles. The Labute approximate surface area is 165 Å². The molecule has 0 unspecified atom stereocenters. The zero-order chi connectivity index (χ0) is 20.7. The van der Waals surface area contributed by atoms with Gasteiger partial charge < -0.3 is 30.0 Å². The van der Waals surface area contributed by atoms with Gasteiger partial charge in [-0.2, -0.15) is 0 Å². The van der Waals surface area contributed by atoms with Crippen molar-refractivity contribution in [1.82, 2.24) is 5.32 Å². The fraction of sp³-hybridized carbons (Fsp3) is 0.381. The Morgan fingerprint density at radius 2 is 1.57 bits per heavy atom. The highest BCUT2D eigenvalue weighted by molar-refractivity contribution is 5.95. The van der Waals surface area contributed by atoms with E-state index in [1.165, 1.54) is 21.3 Å². The summed E-state index contributed by atoms with van der Waals surface area (Å²) < 4.78 is 21.7. The first-order chi connectivity index (χ1) is 13.3.